The van der Waals surface area contributed by atoms with Crippen molar-refractivity contribution in [3.8, 4) is 0 Å². The summed E-state index contributed by atoms with van der Waals surface area (Å²) in [4.78, 5) is 14.4. The topological polar surface area (TPSA) is 32.3 Å². The molecular weight excluding hydrogens is 383 g/mol. The zero-order valence-corrected chi connectivity index (χ0v) is 15.9. The minimum Gasteiger partial charge on any atom is -0.355 e. The summed E-state index contributed by atoms with van der Waals surface area (Å²) in [6.45, 7) is 1.51. The molecule has 1 unspecified atom stereocenters. The minimum absolute atomic E-state index is 0.00980. The number of amides is 1. The summed E-state index contributed by atoms with van der Waals surface area (Å²) in [6.07, 6.45) is 1.84. The fourth-order valence-corrected chi connectivity index (χ4v) is 3.84. The summed E-state index contributed by atoms with van der Waals surface area (Å²) in [6, 6.07) is 13.0. The van der Waals surface area contributed by atoms with E-state index in [4.69, 9.17) is 0 Å². The van der Waals surface area contributed by atoms with Crippen molar-refractivity contribution in [1.29, 1.82) is 0 Å². The van der Waals surface area contributed by atoms with Gasteiger partial charge in [0, 0.05) is 30.0 Å². The molecule has 1 amide bonds. The second-order valence-electron chi connectivity index (χ2n) is 6.58. The molecule has 2 aromatic rings. The van der Waals surface area contributed by atoms with Gasteiger partial charge in [0.1, 0.15) is 5.82 Å². The summed E-state index contributed by atoms with van der Waals surface area (Å²) in [7, 11) is 2.09. The fraction of sp³-hybridized carbons (Fsp3) is 0.350. The molecule has 1 atom stereocenters. The Balaban J connectivity index is 1.51. The first kappa shape index (κ1) is 18.1. The summed E-state index contributed by atoms with van der Waals surface area (Å²) in [5.74, 6) is -0.249. The monoisotopic (exact) mass is 404 g/mol. The molecule has 5 heteroatoms. The third-order valence-corrected chi connectivity index (χ3v) is 5.51. The van der Waals surface area contributed by atoms with Crippen molar-refractivity contribution in [3.63, 3.8) is 0 Å². The van der Waals surface area contributed by atoms with E-state index >= 15 is 0 Å². The van der Waals surface area contributed by atoms with Gasteiger partial charge in [0.2, 0.25) is 5.91 Å². The molecule has 0 saturated carbocycles. The van der Waals surface area contributed by atoms with Gasteiger partial charge in [-0.05, 0) is 54.8 Å². The van der Waals surface area contributed by atoms with E-state index in [0.29, 0.717) is 19.4 Å². The number of fused-ring (bicyclic) bond motifs is 1. The Kier molecular flexibility index (Phi) is 5.86. The Labute approximate surface area is 156 Å². The molecule has 0 bridgehead atoms. The summed E-state index contributed by atoms with van der Waals surface area (Å²) in [5.41, 5.74) is 3.52. The van der Waals surface area contributed by atoms with Crippen molar-refractivity contribution in [2.75, 3.05) is 13.6 Å². The number of rotatable bonds is 5. The van der Waals surface area contributed by atoms with Crippen molar-refractivity contribution >= 4 is 21.8 Å². The molecule has 132 valence electrons. The highest BCUT2D eigenvalue weighted by atomic mass is 79.9. The highest BCUT2D eigenvalue weighted by Crippen LogP contribution is 2.28. The van der Waals surface area contributed by atoms with Crippen LogP contribution in [0.25, 0.3) is 0 Å². The maximum atomic E-state index is 13.2. The molecule has 3 nitrogen and oxygen atoms in total. The summed E-state index contributed by atoms with van der Waals surface area (Å²) >= 11 is 3.63. The molecule has 0 aliphatic carbocycles. The Morgan fingerprint density at radius 2 is 2.12 bits per heavy atom. The number of halogens is 2. The van der Waals surface area contributed by atoms with Gasteiger partial charge >= 0.3 is 0 Å². The van der Waals surface area contributed by atoms with Gasteiger partial charge in [-0.15, -0.1) is 0 Å². The van der Waals surface area contributed by atoms with Crippen molar-refractivity contribution in [1.82, 2.24) is 10.2 Å². The van der Waals surface area contributed by atoms with Gasteiger partial charge in [0.25, 0.3) is 0 Å². The first-order chi connectivity index (χ1) is 12.0. The standard InChI is InChI=1S/C20H22BrFN2O/c1-24-13-15-5-3-7-19(21)18(15)11-17(24)12-23-20(25)9-8-14-4-2-6-16(22)10-14/h2-7,10,17H,8-9,11-13H2,1H3,(H,23,25). The van der Waals surface area contributed by atoms with Crippen LogP contribution < -0.4 is 5.32 Å². The zero-order valence-electron chi connectivity index (χ0n) is 14.3. The van der Waals surface area contributed by atoms with Crippen LogP contribution >= 0.6 is 15.9 Å². The van der Waals surface area contributed by atoms with Crippen molar-refractivity contribution in [2.24, 2.45) is 0 Å². The minimum atomic E-state index is -0.258. The van der Waals surface area contributed by atoms with Crippen LogP contribution in [0.2, 0.25) is 0 Å². The van der Waals surface area contributed by atoms with E-state index in [1.165, 1.54) is 23.3 Å². The molecule has 1 heterocycles. The zero-order chi connectivity index (χ0) is 17.8. The molecule has 3 rings (SSSR count). The average molecular weight is 405 g/mol. The van der Waals surface area contributed by atoms with Crippen LogP contribution in [0.1, 0.15) is 23.1 Å². The lowest BCUT2D eigenvalue weighted by Crippen LogP contribution is -2.45. The Morgan fingerprint density at radius 1 is 1.32 bits per heavy atom. The molecular formula is C20H22BrFN2O. The van der Waals surface area contributed by atoms with E-state index in [2.05, 4.69) is 51.4 Å². The predicted molar refractivity (Wildman–Crippen MR) is 101 cm³/mol. The maximum Gasteiger partial charge on any atom is 0.220 e. The van der Waals surface area contributed by atoms with Crippen LogP contribution in [0.3, 0.4) is 0 Å². The van der Waals surface area contributed by atoms with E-state index in [0.717, 1.165) is 23.0 Å². The third-order valence-electron chi connectivity index (χ3n) is 4.76. The van der Waals surface area contributed by atoms with Gasteiger partial charge in [-0.2, -0.15) is 0 Å². The molecule has 0 radical (unpaired) electrons. The van der Waals surface area contributed by atoms with E-state index in [1.807, 2.05) is 6.07 Å². The fourth-order valence-electron chi connectivity index (χ4n) is 3.27. The quantitative estimate of drug-likeness (QED) is 0.823. The predicted octanol–water partition coefficient (Wildman–Crippen LogP) is 3.69. The number of carbonyl (C=O) groups is 1. The van der Waals surface area contributed by atoms with Crippen molar-refractivity contribution in [3.05, 3.63) is 69.4 Å². The van der Waals surface area contributed by atoms with Gasteiger partial charge in [-0.3, -0.25) is 9.69 Å². The van der Waals surface area contributed by atoms with E-state index in [1.54, 1.807) is 6.07 Å². The number of nitrogens with one attached hydrogen (secondary N) is 1. The Bertz CT molecular complexity index is 765. The highest BCUT2D eigenvalue weighted by molar-refractivity contribution is 9.10. The van der Waals surface area contributed by atoms with Crippen LogP contribution in [0.15, 0.2) is 46.9 Å². The number of hydrogen-bond acceptors (Lipinski definition) is 2. The molecule has 0 fully saturated rings. The molecule has 1 N–H and O–H groups in total. The number of nitrogens with zero attached hydrogens (tertiary/aromatic N) is 1. The van der Waals surface area contributed by atoms with E-state index < -0.39 is 0 Å². The van der Waals surface area contributed by atoms with Gasteiger partial charge in [0.05, 0.1) is 0 Å². The molecule has 0 spiro atoms. The lowest BCUT2D eigenvalue weighted by Gasteiger charge is -2.34. The molecule has 0 saturated heterocycles. The lowest BCUT2D eigenvalue weighted by atomic mass is 9.94. The van der Waals surface area contributed by atoms with Crippen LogP contribution in [-0.4, -0.2) is 30.4 Å². The van der Waals surface area contributed by atoms with Crippen molar-refractivity contribution in [2.45, 2.75) is 31.8 Å². The summed E-state index contributed by atoms with van der Waals surface area (Å²) < 4.78 is 14.3. The number of carbonyl (C=O) groups excluding carboxylic acids is 1. The van der Waals surface area contributed by atoms with E-state index in [9.17, 15) is 9.18 Å². The number of hydrogen-bond donors (Lipinski definition) is 1. The number of aryl methyl sites for hydroxylation is 1. The smallest absolute Gasteiger partial charge is 0.220 e. The largest absolute Gasteiger partial charge is 0.355 e. The van der Waals surface area contributed by atoms with Crippen LogP contribution in [-0.2, 0) is 24.2 Å². The first-order valence-electron chi connectivity index (χ1n) is 8.50. The number of benzene rings is 2. The highest BCUT2D eigenvalue weighted by Gasteiger charge is 2.24. The second kappa shape index (κ2) is 8.11. The van der Waals surface area contributed by atoms with Crippen LogP contribution in [0.5, 0.6) is 0 Å². The third kappa shape index (κ3) is 4.67. The van der Waals surface area contributed by atoms with Gasteiger partial charge in [-0.25, -0.2) is 4.39 Å². The van der Waals surface area contributed by atoms with Gasteiger partial charge in [-0.1, -0.05) is 40.2 Å². The first-order valence-corrected chi connectivity index (χ1v) is 9.30. The molecule has 25 heavy (non-hydrogen) atoms. The molecule has 2 aromatic carbocycles. The summed E-state index contributed by atoms with van der Waals surface area (Å²) in [5, 5.41) is 3.03. The van der Waals surface area contributed by atoms with E-state index in [-0.39, 0.29) is 17.8 Å². The average Bonchev–Trinajstić information content (AvgIpc) is 2.59. The number of likely N-dealkylation sites (N-methyl/N-ethyl adjacent to an activating group) is 1. The SMILES string of the molecule is CN1Cc2cccc(Br)c2CC1CNC(=O)CCc1cccc(F)c1. The van der Waals surface area contributed by atoms with Gasteiger partial charge in [0.15, 0.2) is 0 Å². The lowest BCUT2D eigenvalue weighted by molar-refractivity contribution is -0.121. The maximum absolute atomic E-state index is 13.2. The molecule has 0 aromatic heterocycles. The molecule has 1 aliphatic heterocycles. The van der Waals surface area contributed by atoms with Crippen molar-refractivity contribution < 1.29 is 9.18 Å². The molecule has 1 aliphatic rings. The van der Waals surface area contributed by atoms with Gasteiger partial charge < -0.3 is 5.32 Å². The Hall–Kier alpha value is -1.72. The normalized spacial score (nSPS) is 17.2. The second-order valence-corrected chi connectivity index (χ2v) is 7.44. The van der Waals surface area contributed by atoms with Crippen LogP contribution in [0, 0.1) is 5.82 Å². The van der Waals surface area contributed by atoms with Crippen LogP contribution in [0.4, 0.5) is 4.39 Å². The Morgan fingerprint density at radius 3 is 2.92 bits per heavy atom.